The summed E-state index contributed by atoms with van der Waals surface area (Å²) in [6, 6.07) is 17.6. The van der Waals surface area contributed by atoms with E-state index in [1.165, 1.54) is 55.6 Å². The average Bonchev–Trinajstić information content (AvgIpc) is 3.64. The molecule has 14 heteroatoms. The van der Waals surface area contributed by atoms with Gasteiger partial charge in [0.1, 0.15) is 34.4 Å². The molecule has 1 aliphatic heterocycles. The van der Waals surface area contributed by atoms with Crippen molar-refractivity contribution in [2.24, 2.45) is 5.10 Å². The summed E-state index contributed by atoms with van der Waals surface area (Å²) in [4.78, 5) is 24.8. The van der Waals surface area contributed by atoms with Gasteiger partial charge in [-0.15, -0.1) is 13.2 Å². The number of hydrogen-bond donors (Lipinski definition) is 1. The van der Waals surface area contributed by atoms with Crippen LogP contribution >= 0.6 is 11.8 Å². The van der Waals surface area contributed by atoms with Gasteiger partial charge in [0.2, 0.25) is 5.76 Å². The topological polar surface area (TPSA) is 111 Å². The molecule has 1 atom stereocenters. The van der Waals surface area contributed by atoms with Crippen LogP contribution in [0.2, 0.25) is 0 Å². The minimum Gasteiger partial charge on any atom is -0.492 e. The van der Waals surface area contributed by atoms with Gasteiger partial charge >= 0.3 is 12.3 Å². The molecular weight excluding hydrogens is 596 g/mol. The van der Waals surface area contributed by atoms with E-state index in [0.717, 1.165) is 28.9 Å². The number of carboxylic acid groups (broad SMARTS) is 1. The van der Waals surface area contributed by atoms with E-state index in [9.17, 15) is 27.2 Å². The Hall–Kier alpha value is -4.98. The number of hydrogen-bond acceptors (Lipinski definition) is 8. The highest BCUT2D eigenvalue weighted by Crippen LogP contribution is 2.47. The fraction of sp³-hybridized carbons (Fsp3) is 0.138. The second-order valence-electron chi connectivity index (χ2n) is 8.84. The zero-order chi connectivity index (χ0) is 30.7. The molecule has 3 aromatic carbocycles. The Balaban J connectivity index is 1.47. The maximum Gasteiger partial charge on any atom is 0.573 e. The highest BCUT2D eigenvalue weighted by atomic mass is 32.2. The van der Waals surface area contributed by atoms with Crippen molar-refractivity contribution in [2.45, 2.75) is 18.3 Å². The van der Waals surface area contributed by atoms with Gasteiger partial charge in [-0.1, -0.05) is 23.9 Å². The van der Waals surface area contributed by atoms with Crippen LogP contribution in [0.4, 0.5) is 17.6 Å². The van der Waals surface area contributed by atoms with Crippen molar-refractivity contribution in [2.75, 3.05) is 7.11 Å². The average molecular weight is 617 g/mol. The molecule has 1 aliphatic rings. The lowest BCUT2D eigenvalue weighted by molar-refractivity contribution is -0.274. The molecule has 0 spiro atoms. The van der Waals surface area contributed by atoms with Crippen molar-refractivity contribution in [3.05, 3.63) is 113 Å². The first-order valence-corrected chi connectivity index (χ1v) is 13.2. The highest BCUT2D eigenvalue weighted by Gasteiger charge is 2.37. The Kier molecular flexibility index (Phi) is 8.30. The van der Waals surface area contributed by atoms with E-state index in [1.54, 1.807) is 18.2 Å². The van der Waals surface area contributed by atoms with Crippen molar-refractivity contribution in [3.8, 4) is 17.2 Å². The molecule has 4 aromatic rings. The quantitative estimate of drug-likeness (QED) is 0.203. The molecule has 0 radical (unpaired) electrons. The number of thioether (sulfide) groups is 1. The van der Waals surface area contributed by atoms with Crippen LogP contribution in [0.5, 0.6) is 17.2 Å². The van der Waals surface area contributed by atoms with Gasteiger partial charge in [-0.3, -0.25) is 4.79 Å². The molecule has 222 valence electrons. The van der Waals surface area contributed by atoms with Gasteiger partial charge in [0.25, 0.3) is 5.91 Å². The van der Waals surface area contributed by atoms with Crippen LogP contribution in [0.15, 0.2) is 88.4 Å². The summed E-state index contributed by atoms with van der Waals surface area (Å²) in [6.45, 7) is -0.128. The van der Waals surface area contributed by atoms with Crippen LogP contribution < -0.4 is 14.2 Å². The largest absolute Gasteiger partial charge is 0.573 e. The molecule has 0 saturated carbocycles. The third-order valence-corrected chi connectivity index (χ3v) is 7.22. The van der Waals surface area contributed by atoms with Crippen molar-refractivity contribution < 1.29 is 50.9 Å². The van der Waals surface area contributed by atoms with Crippen molar-refractivity contribution >= 4 is 28.7 Å². The lowest BCUT2D eigenvalue weighted by Crippen LogP contribution is -2.26. The minimum absolute atomic E-state index is 0.0302. The first-order chi connectivity index (χ1) is 20.5. The van der Waals surface area contributed by atoms with Gasteiger partial charge < -0.3 is 23.7 Å². The van der Waals surface area contributed by atoms with E-state index < -0.39 is 35.2 Å². The fourth-order valence-corrected chi connectivity index (χ4v) is 5.28. The van der Waals surface area contributed by atoms with Crippen LogP contribution in [0, 0.1) is 5.82 Å². The number of hydrazone groups is 1. The molecule has 0 bridgehead atoms. The normalized spacial score (nSPS) is 14.8. The lowest BCUT2D eigenvalue weighted by Gasteiger charge is -2.24. The molecule has 0 saturated heterocycles. The monoisotopic (exact) mass is 616 g/mol. The Bertz CT molecular complexity index is 1670. The number of para-hydroxylation sites is 1. The smallest absolute Gasteiger partial charge is 0.492 e. The zero-order valence-electron chi connectivity index (χ0n) is 22.0. The number of furan rings is 1. The Morgan fingerprint density at radius 1 is 1.02 bits per heavy atom. The highest BCUT2D eigenvalue weighted by molar-refractivity contribution is 8.14. The molecule has 1 amide bonds. The van der Waals surface area contributed by atoms with Crippen LogP contribution in [0.25, 0.3) is 0 Å². The minimum atomic E-state index is -4.89. The number of amides is 1. The van der Waals surface area contributed by atoms with Gasteiger partial charge in [0.05, 0.1) is 7.11 Å². The third kappa shape index (κ3) is 6.75. The van der Waals surface area contributed by atoms with Crippen LogP contribution in [-0.4, -0.2) is 40.5 Å². The number of carboxylic acids is 1. The summed E-state index contributed by atoms with van der Waals surface area (Å²) >= 11 is 1.16. The number of alkyl halides is 3. The summed E-state index contributed by atoms with van der Waals surface area (Å²) in [5.74, 6) is -2.33. The number of benzene rings is 3. The van der Waals surface area contributed by atoms with Gasteiger partial charge in [-0.05, 0) is 66.7 Å². The molecule has 43 heavy (non-hydrogen) atoms. The number of aromatic carboxylic acids is 1. The van der Waals surface area contributed by atoms with Crippen molar-refractivity contribution in [1.29, 1.82) is 0 Å². The summed E-state index contributed by atoms with van der Waals surface area (Å²) in [5, 5.41) is 14.3. The standard InChI is InChI=1S/C29H20F4N2O7S/c1-39-24-21(3-2-4-22(24)40-15-20-13-14-23(41-20)28(37)38)27-35(34-25(43-27)16-5-9-18(30)10-6-16)26(36)17-7-11-19(12-8-17)42-29(31,32)33/h2-14,27H,15H2,1H3,(H,37,38). The first kappa shape index (κ1) is 29.5. The van der Waals surface area contributed by atoms with Gasteiger partial charge in [0.15, 0.2) is 11.5 Å². The molecule has 5 rings (SSSR count). The van der Waals surface area contributed by atoms with Gasteiger partial charge in [0, 0.05) is 16.7 Å². The summed E-state index contributed by atoms with van der Waals surface area (Å²) < 4.78 is 72.1. The van der Waals surface area contributed by atoms with E-state index in [-0.39, 0.29) is 35.2 Å². The summed E-state index contributed by atoms with van der Waals surface area (Å²) in [6.07, 6.45) is -4.89. The predicted molar refractivity (Wildman–Crippen MR) is 146 cm³/mol. The number of methoxy groups -OCH3 is 1. The Morgan fingerprint density at radius 2 is 1.74 bits per heavy atom. The van der Waals surface area contributed by atoms with Gasteiger partial charge in [-0.25, -0.2) is 14.2 Å². The van der Waals surface area contributed by atoms with Crippen LogP contribution in [0.3, 0.4) is 0 Å². The van der Waals surface area contributed by atoms with Crippen LogP contribution in [-0.2, 0) is 6.61 Å². The van der Waals surface area contributed by atoms with E-state index in [2.05, 4.69) is 9.84 Å². The molecule has 1 N–H and O–H groups in total. The predicted octanol–water partition coefficient (Wildman–Crippen LogP) is 6.85. The third-order valence-electron chi connectivity index (χ3n) is 6.00. The van der Waals surface area contributed by atoms with Crippen molar-refractivity contribution in [3.63, 3.8) is 0 Å². The molecule has 0 fully saturated rings. The van der Waals surface area contributed by atoms with Crippen LogP contribution in [0.1, 0.15) is 43.2 Å². The van der Waals surface area contributed by atoms with E-state index in [1.807, 2.05) is 0 Å². The van der Waals surface area contributed by atoms with E-state index in [0.29, 0.717) is 16.2 Å². The lowest BCUT2D eigenvalue weighted by atomic mass is 10.1. The summed E-state index contributed by atoms with van der Waals surface area (Å²) in [7, 11) is 1.40. The Morgan fingerprint density at radius 3 is 2.37 bits per heavy atom. The zero-order valence-corrected chi connectivity index (χ0v) is 22.8. The number of nitrogens with zero attached hydrogens (tertiary/aromatic N) is 2. The second kappa shape index (κ2) is 12.1. The molecule has 0 aliphatic carbocycles. The maximum atomic E-state index is 13.7. The molecular formula is C29H20F4N2O7S. The number of carbonyl (C=O) groups is 2. The number of ether oxygens (including phenoxy) is 3. The molecule has 1 unspecified atom stereocenters. The van der Waals surface area contributed by atoms with Crippen molar-refractivity contribution in [1.82, 2.24) is 5.01 Å². The number of carbonyl (C=O) groups excluding carboxylic acids is 1. The molecule has 9 nitrogen and oxygen atoms in total. The Labute approximate surface area is 245 Å². The van der Waals surface area contributed by atoms with E-state index in [4.69, 9.17) is 19.0 Å². The fourth-order valence-electron chi connectivity index (χ4n) is 4.11. The number of halogens is 4. The maximum absolute atomic E-state index is 13.7. The summed E-state index contributed by atoms with van der Waals surface area (Å²) in [5.41, 5.74) is 1.02. The molecule has 1 aromatic heterocycles. The second-order valence-corrected chi connectivity index (χ2v) is 9.91. The SMILES string of the molecule is COc1c(OCc2ccc(C(=O)O)o2)cccc1C1SC(c2ccc(F)cc2)=NN1C(=O)c1ccc(OC(F)(F)F)cc1. The number of rotatable bonds is 9. The van der Waals surface area contributed by atoms with Gasteiger partial charge in [-0.2, -0.15) is 5.10 Å². The first-order valence-electron chi connectivity index (χ1n) is 12.3. The molecule has 2 heterocycles. The van der Waals surface area contributed by atoms with E-state index >= 15 is 0 Å².